The van der Waals surface area contributed by atoms with Gasteiger partial charge in [-0.1, -0.05) is 12.1 Å². The number of alkyl halides is 3. The summed E-state index contributed by atoms with van der Waals surface area (Å²) in [6.07, 6.45) is -1.84. The first-order valence-corrected chi connectivity index (χ1v) is 8.20. The minimum atomic E-state index is -4.41. The first-order valence-electron chi connectivity index (χ1n) is 8.20. The quantitative estimate of drug-likeness (QED) is 0.561. The summed E-state index contributed by atoms with van der Waals surface area (Å²) in [5.74, 6) is 0.353. The van der Waals surface area contributed by atoms with Crippen molar-refractivity contribution in [1.29, 1.82) is 0 Å². The van der Waals surface area contributed by atoms with Gasteiger partial charge in [-0.3, -0.25) is 4.79 Å². The van der Waals surface area contributed by atoms with Crippen LogP contribution in [0.3, 0.4) is 0 Å². The van der Waals surface area contributed by atoms with Gasteiger partial charge in [-0.2, -0.15) is 13.2 Å². The molecule has 0 aliphatic rings. The zero-order chi connectivity index (χ0) is 19.7. The number of anilines is 2. The van der Waals surface area contributed by atoms with Crippen LogP contribution in [0.2, 0.25) is 0 Å². The fourth-order valence-corrected chi connectivity index (χ4v) is 2.86. The topological polar surface area (TPSA) is 88.5 Å². The molecule has 0 amide bonds. The van der Waals surface area contributed by atoms with Gasteiger partial charge in [0.15, 0.2) is 11.3 Å². The summed E-state index contributed by atoms with van der Waals surface area (Å²) in [6, 6.07) is 11.5. The van der Waals surface area contributed by atoms with Crippen molar-refractivity contribution in [3.63, 3.8) is 0 Å². The molecule has 0 unspecified atom stereocenters. The maximum absolute atomic E-state index is 12.7. The summed E-state index contributed by atoms with van der Waals surface area (Å²) in [4.78, 5) is 19.5. The van der Waals surface area contributed by atoms with Crippen LogP contribution in [-0.4, -0.2) is 30.9 Å². The van der Waals surface area contributed by atoms with Crippen LogP contribution in [0.1, 0.15) is 0 Å². The van der Waals surface area contributed by atoms with Gasteiger partial charge in [0.2, 0.25) is 0 Å². The van der Waals surface area contributed by atoms with Crippen molar-refractivity contribution in [3.05, 3.63) is 65.2 Å². The van der Waals surface area contributed by atoms with Gasteiger partial charge in [-0.05, 0) is 24.3 Å². The monoisotopic (exact) mass is 386 g/mol. The number of hydrogen-bond acceptors (Lipinski definition) is 5. The predicted molar refractivity (Wildman–Crippen MR) is 97.2 cm³/mol. The Balaban J connectivity index is 1.70. The summed E-state index contributed by atoms with van der Waals surface area (Å²) in [6.45, 7) is -1.21. The fourth-order valence-electron chi connectivity index (χ4n) is 2.86. The van der Waals surface area contributed by atoms with Gasteiger partial charge in [0.1, 0.15) is 24.4 Å². The Hall–Kier alpha value is -3.69. The first kappa shape index (κ1) is 17.7. The van der Waals surface area contributed by atoms with Crippen molar-refractivity contribution in [1.82, 2.24) is 24.7 Å². The highest BCUT2D eigenvalue weighted by molar-refractivity contribution is 5.92. The van der Waals surface area contributed by atoms with E-state index in [2.05, 4.69) is 25.5 Å². The van der Waals surface area contributed by atoms with Crippen molar-refractivity contribution in [2.24, 2.45) is 0 Å². The molecule has 142 valence electrons. The van der Waals surface area contributed by atoms with Crippen molar-refractivity contribution in [2.75, 3.05) is 5.32 Å². The minimum absolute atomic E-state index is 0.00302. The molecule has 0 atom stereocenters. The van der Waals surface area contributed by atoms with Crippen molar-refractivity contribution >= 4 is 22.4 Å². The molecular formula is C18H13F3N6O. The molecule has 7 nitrogen and oxygen atoms in total. The molecule has 0 aliphatic heterocycles. The van der Waals surface area contributed by atoms with Crippen molar-refractivity contribution in [3.8, 4) is 11.5 Å². The van der Waals surface area contributed by atoms with E-state index in [4.69, 9.17) is 0 Å². The molecule has 0 bridgehead atoms. The first-order chi connectivity index (χ1) is 13.4. The molecule has 0 saturated carbocycles. The number of H-pyrrole nitrogens is 1. The summed E-state index contributed by atoms with van der Waals surface area (Å²) in [5, 5.41) is 10.8. The molecule has 0 spiro atoms. The number of pyridine rings is 2. The van der Waals surface area contributed by atoms with Crippen LogP contribution in [-0.2, 0) is 6.54 Å². The molecule has 3 heterocycles. The smallest absolute Gasteiger partial charge is 0.361 e. The van der Waals surface area contributed by atoms with E-state index < -0.39 is 12.7 Å². The van der Waals surface area contributed by atoms with Crippen LogP contribution in [0.5, 0.6) is 0 Å². The number of hydrogen-bond donors (Lipinski definition) is 2. The summed E-state index contributed by atoms with van der Waals surface area (Å²) in [5.41, 5.74) is 1.23. The Kier molecular flexibility index (Phi) is 4.30. The van der Waals surface area contributed by atoms with Crippen LogP contribution in [0.15, 0.2) is 59.8 Å². The molecule has 0 saturated heterocycles. The normalized spacial score (nSPS) is 11.7. The van der Waals surface area contributed by atoms with E-state index in [9.17, 15) is 18.0 Å². The highest BCUT2D eigenvalue weighted by Crippen LogP contribution is 2.25. The largest absolute Gasteiger partial charge is 0.406 e. The second-order valence-electron chi connectivity index (χ2n) is 6.00. The van der Waals surface area contributed by atoms with Crippen LogP contribution in [0.25, 0.3) is 22.4 Å². The number of fused-ring (bicyclic) bond motifs is 1. The van der Waals surface area contributed by atoms with Gasteiger partial charge in [0.05, 0.1) is 16.6 Å². The fraction of sp³-hybridized carbons (Fsp3) is 0.111. The summed E-state index contributed by atoms with van der Waals surface area (Å²) >= 11 is 0. The Labute approximate surface area is 155 Å². The summed E-state index contributed by atoms with van der Waals surface area (Å²) in [7, 11) is 0. The van der Waals surface area contributed by atoms with Gasteiger partial charge in [-0.25, -0.2) is 4.98 Å². The maximum Gasteiger partial charge on any atom is 0.406 e. The standard InChI is InChI=1S/C18H13F3N6O/c19-18(20,21)9-27-10-23-26-17(27)13-5-2-6-15(25-13)24-12-4-1-3-11-16(12)14(28)7-8-22-11/h1-8,10H,9H2,(H,22,28)(H,24,25). The zero-order valence-electron chi connectivity index (χ0n) is 14.2. The van der Waals surface area contributed by atoms with E-state index in [1.165, 1.54) is 12.1 Å². The lowest BCUT2D eigenvalue weighted by Crippen LogP contribution is -2.18. The van der Waals surface area contributed by atoms with E-state index >= 15 is 0 Å². The lowest BCUT2D eigenvalue weighted by Gasteiger charge is -2.11. The second kappa shape index (κ2) is 6.80. The van der Waals surface area contributed by atoms with Gasteiger partial charge < -0.3 is 14.9 Å². The van der Waals surface area contributed by atoms with Crippen molar-refractivity contribution < 1.29 is 13.2 Å². The Morgan fingerprint density at radius 3 is 2.75 bits per heavy atom. The molecule has 28 heavy (non-hydrogen) atoms. The average molecular weight is 386 g/mol. The van der Waals surface area contributed by atoms with Gasteiger partial charge in [0, 0.05) is 12.3 Å². The number of halogens is 3. The van der Waals surface area contributed by atoms with E-state index in [-0.39, 0.29) is 16.9 Å². The van der Waals surface area contributed by atoms with Crippen LogP contribution in [0, 0.1) is 0 Å². The SMILES string of the molecule is O=c1cc[nH]c2cccc(Nc3cccc(-c4nncn4CC(F)(F)F)n3)c12. The molecule has 1 aromatic carbocycles. The minimum Gasteiger partial charge on any atom is -0.361 e. The molecule has 10 heteroatoms. The van der Waals surface area contributed by atoms with E-state index in [1.807, 2.05) is 0 Å². The second-order valence-corrected chi connectivity index (χ2v) is 6.00. The van der Waals surface area contributed by atoms with Gasteiger partial charge in [-0.15, -0.1) is 10.2 Å². The molecule has 0 aliphatic carbocycles. The lowest BCUT2D eigenvalue weighted by atomic mass is 10.1. The van der Waals surface area contributed by atoms with Gasteiger partial charge >= 0.3 is 6.18 Å². The Bertz CT molecular complexity index is 1190. The number of benzene rings is 1. The van der Waals surface area contributed by atoms with E-state index in [0.717, 1.165) is 10.9 Å². The maximum atomic E-state index is 12.7. The third kappa shape index (κ3) is 3.56. The van der Waals surface area contributed by atoms with Crippen molar-refractivity contribution in [2.45, 2.75) is 12.7 Å². The lowest BCUT2D eigenvalue weighted by molar-refractivity contribution is -0.140. The molecule has 4 aromatic rings. The molecule has 4 rings (SSSR count). The molecule has 2 N–H and O–H groups in total. The van der Waals surface area contributed by atoms with Crippen LogP contribution < -0.4 is 10.7 Å². The Morgan fingerprint density at radius 2 is 1.93 bits per heavy atom. The number of aromatic amines is 1. The number of nitrogens with zero attached hydrogens (tertiary/aromatic N) is 4. The van der Waals surface area contributed by atoms with Crippen LogP contribution >= 0.6 is 0 Å². The average Bonchev–Trinajstić information content (AvgIpc) is 3.08. The number of rotatable bonds is 4. The molecular weight excluding hydrogens is 373 g/mol. The van der Waals surface area contributed by atoms with Crippen LogP contribution in [0.4, 0.5) is 24.7 Å². The highest BCUT2D eigenvalue weighted by atomic mass is 19.4. The van der Waals surface area contributed by atoms with E-state index in [1.54, 1.807) is 36.5 Å². The van der Waals surface area contributed by atoms with E-state index in [0.29, 0.717) is 22.4 Å². The highest BCUT2D eigenvalue weighted by Gasteiger charge is 2.29. The number of aromatic nitrogens is 5. The third-order valence-corrected chi connectivity index (χ3v) is 3.99. The molecule has 0 fully saturated rings. The Morgan fingerprint density at radius 1 is 1.11 bits per heavy atom. The van der Waals surface area contributed by atoms with Gasteiger partial charge in [0.25, 0.3) is 0 Å². The third-order valence-electron chi connectivity index (χ3n) is 3.99. The molecule has 3 aromatic heterocycles. The molecule has 0 radical (unpaired) electrons. The predicted octanol–water partition coefficient (Wildman–Crippen LogP) is 3.49. The summed E-state index contributed by atoms with van der Waals surface area (Å²) < 4.78 is 39.1. The zero-order valence-corrected chi connectivity index (χ0v) is 14.2. The number of nitrogens with one attached hydrogen (secondary N) is 2.